The van der Waals surface area contributed by atoms with Crippen LogP contribution in [0.3, 0.4) is 0 Å². The second kappa shape index (κ2) is 6.24. The highest BCUT2D eigenvalue weighted by molar-refractivity contribution is 9.10. The van der Waals surface area contributed by atoms with E-state index >= 15 is 0 Å². The summed E-state index contributed by atoms with van der Waals surface area (Å²) in [5, 5.41) is 8.79. The predicted octanol–water partition coefficient (Wildman–Crippen LogP) is 1.61. The molecule has 5 heteroatoms. The summed E-state index contributed by atoms with van der Waals surface area (Å²) in [6, 6.07) is 0. The average Bonchev–Trinajstić information content (AvgIpc) is 2.01. The van der Waals surface area contributed by atoms with Crippen molar-refractivity contribution in [1.82, 2.24) is 4.90 Å². The predicted molar refractivity (Wildman–Crippen MR) is 58.7 cm³/mol. The van der Waals surface area contributed by atoms with Gasteiger partial charge in [0.2, 0.25) is 0 Å². The van der Waals surface area contributed by atoms with Gasteiger partial charge in [-0.25, -0.2) is 4.79 Å². The fourth-order valence-electron chi connectivity index (χ4n) is 1.02. The minimum absolute atomic E-state index is 0.0537. The van der Waals surface area contributed by atoms with Crippen LogP contribution in [0.5, 0.6) is 0 Å². The second-order valence-electron chi connectivity index (χ2n) is 3.56. The number of alkyl halides is 1. The van der Waals surface area contributed by atoms with Gasteiger partial charge in [0, 0.05) is 17.4 Å². The number of aliphatic hydroxyl groups excluding tert-OH is 1. The molecule has 0 saturated heterocycles. The summed E-state index contributed by atoms with van der Waals surface area (Å²) in [6.07, 6.45) is -0.380. The maximum Gasteiger partial charge on any atom is 0.409 e. The first-order valence-electron chi connectivity index (χ1n) is 4.62. The summed E-state index contributed by atoms with van der Waals surface area (Å²) in [5.41, 5.74) is 0. The highest BCUT2D eigenvalue weighted by Crippen LogP contribution is 2.17. The molecule has 0 fully saturated rings. The maximum absolute atomic E-state index is 11.4. The van der Waals surface area contributed by atoms with Gasteiger partial charge in [0.05, 0.1) is 13.2 Å². The van der Waals surface area contributed by atoms with E-state index in [1.165, 1.54) is 4.90 Å². The van der Waals surface area contributed by atoms with Gasteiger partial charge in [-0.1, -0.05) is 15.9 Å². The van der Waals surface area contributed by atoms with E-state index in [9.17, 15) is 4.79 Å². The number of carbonyl (C=O) groups excluding carboxylic acids is 1. The minimum atomic E-state index is -0.380. The summed E-state index contributed by atoms with van der Waals surface area (Å²) < 4.78 is 4.69. The van der Waals surface area contributed by atoms with Gasteiger partial charge in [0.15, 0.2) is 0 Å². The lowest BCUT2D eigenvalue weighted by atomic mass is 10.2. The summed E-state index contributed by atoms with van der Waals surface area (Å²) >= 11 is 3.44. The number of nitrogens with zero attached hydrogens (tertiary/aromatic N) is 1. The molecule has 0 aliphatic carbocycles. The van der Waals surface area contributed by atoms with Gasteiger partial charge in [-0.05, 0) is 20.8 Å². The quantitative estimate of drug-likeness (QED) is 0.771. The normalized spacial score (nSPS) is 11.2. The first kappa shape index (κ1) is 13.7. The van der Waals surface area contributed by atoms with E-state index in [0.717, 1.165) is 0 Å². The lowest BCUT2D eigenvalue weighted by Gasteiger charge is -2.27. The van der Waals surface area contributed by atoms with Crippen LogP contribution in [-0.4, -0.2) is 46.7 Å². The number of hydrogen-bond acceptors (Lipinski definition) is 3. The standard InChI is InChI=1S/C9H18BrNO3/c1-4-14-8(13)11(5-6-12)7-9(2,3)10/h12H,4-7H2,1-3H3. The number of aliphatic hydroxyl groups is 1. The molecule has 0 bridgehead atoms. The highest BCUT2D eigenvalue weighted by atomic mass is 79.9. The molecule has 84 valence electrons. The van der Waals surface area contributed by atoms with E-state index in [1.54, 1.807) is 6.92 Å². The lowest BCUT2D eigenvalue weighted by Crippen LogP contribution is -2.41. The zero-order valence-electron chi connectivity index (χ0n) is 8.92. The van der Waals surface area contributed by atoms with E-state index in [1.807, 2.05) is 13.8 Å². The molecule has 0 spiro atoms. The van der Waals surface area contributed by atoms with Crippen LogP contribution in [0.25, 0.3) is 0 Å². The number of amides is 1. The molecular weight excluding hydrogens is 250 g/mol. The summed E-state index contributed by atoms with van der Waals surface area (Å²) in [4.78, 5) is 12.9. The van der Waals surface area contributed by atoms with E-state index in [0.29, 0.717) is 19.7 Å². The van der Waals surface area contributed by atoms with Gasteiger partial charge in [0.25, 0.3) is 0 Å². The Hall–Kier alpha value is -0.290. The molecule has 0 aliphatic rings. The van der Waals surface area contributed by atoms with Crippen molar-refractivity contribution < 1.29 is 14.6 Å². The second-order valence-corrected chi connectivity index (χ2v) is 5.71. The molecule has 1 N–H and O–H groups in total. The van der Waals surface area contributed by atoms with Crippen LogP contribution in [0.2, 0.25) is 0 Å². The van der Waals surface area contributed by atoms with Crippen LogP contribution in [-0.2, 0) is 4.74 Å². The van der Waals surface area contributed by atoms with Gasteiger partial charge in [-0.2, -0.15) is 0 Å². The Bertz CT molecular complexity index is 179. The summed E-state index contributed by atoms with van der Waals surface area (Å²) in [5.74, 6) is 0. The van der Waals surface area contributed by atoms with E-state index in [-0.39, 0.29) is 17.0 Å². The number of rotatable bonds is 5. The van der Waals surface area contributed by atoms with Crippen LogP contribution in [0.4, 0.5) is 4.79 Å². The molecule has 0 aromatic rings. The van der Waals surface area contributed by atoms with Crippen molar-refractivity contribution >= 4 is 22.0 Å². The molecule has 0 aromatic heterocycles. The zero-order chi connectivity index (χ0) is 11.2. The van der Waals surface area contributed by atoms with Gasteiger partial charge in [-0.3, -0.25) is 0 Å². The Morgan fingerprint density at radius 1 is 1.57 bits per heavy atom. The van der Waals surface area contributed by atoms with Crippen molar-refractivity contribution in [2.24, 2.45) is 0 Å². The van der Waals surface area contributed by atoms with Crippen molar-refractivity contribution in [2.75, 3.05) is 26.3 Å². The molecule has 0 rings (SSSR count). The Labute approximate surface area is 93.4 Å². The number of ether oxygens (including phenoxy) is 1. The van der Waals surface area contributed by atoms with E-state index in [2.05, 4.69) is 15.9 Å². The Morgan fingerprint density at radius 3 is 2.50 bits per heavy atom. The van der Waals surface area contributed by atoms with Crippen molar-refractivity contribution in [2.45, 2.75) is 25.1 Å². The first-order valence-corrected chi connectivity index (χ1v) is 5.41. The third-order valence-electron chi connectivity index (χ3n) is 1.46. The number of carbonyl (C=O) groups is 1. The molecular formula is C9H18BrNO3. The molecule has 1 amide bonds. The number of halogens is 1. The SMILES string of the molecule is CCOC(=O)N(CCO)CC(C)(C)Br. The van der Waals surface area contributed by atoms with Crippen molar-refractivity contribution in [1.29, 1.82) is 0 Å². The number of hydrogen-bond donors (Lipinski definition) is 1. The van der Waals surface area contributed by atoms with E-state index in [4.69, 9.17) is 9.84 Å². The van der Waals surface area contributed by atoms with Crippen molar-refractivity contribution in [3.8, 4) is 0 Å². The molecule has 0 aliphatic heterocycles. The Balaban J connectivity index is 4.21. The Morgan fingerprint density at radius 2 is 2.14 bits per heavy atom. The molecule has 0 radical (unpaired) electrons. The molecule has 4 nitrogen and oxygen atoms in total. The third-order valence-corrected chi connectivity index (χ3v) is 1.71. The summed E-state index contributed by atoms with van der Waals surface area (Å²) in [6.45, 7) is 6.77. The van der Waals surface area contributed by atoms with E-state index < -0.39 is 0 Å². The fraction of sp³-hybridized carbons (Fsp3) is 0.889. The lowest BCUT2D eigenvalue weighted by molar-refractivity contribution is 0.0959. The van der Waals surface area contributed by atoms with Gasteiger partial charge < -0.3 is 14.7 Å². The largest absolute Gasteiger partial charge is 0.450 e. The first-order chi connectivity index (χ1) is 6.40. The third kappa shape index (κ3) is 6.21. The average molecular weight is 268 g/mol. The molecule has 0 saturated carbocycles. The molecule has 0 unspecified atom stereocenters. The van der Waals surface area contributed by atoms with Crippen LogP contribution in [0, 0.1) is 0 Å². The molecule has 0 aromatic carbocycles. The molecule has 14 heavy (non-hydrogen) atoms. The molecule has 0 heterocycles. The van der Waals surface area contributed by atoms with Crippen molar-refractivity contribution in [3.63, 3.8) is 0 Å². The smallest absolute Gasteiger partial charge is 0.409 e. The monoisotopic (exact) mass is 267 g/mol. The van der Waals surface area contributed by atoms with Crippen LogP contribution in [0.15, 0.2) is 0 Å². The van der Waals surface area contributed by atoms with Gasteiger partial charge in [-0.15, -0.1) is 0 Å². The molecule has 0 atom stereocenters. The fourth-order valence-corrected chi connectivity index (χ4v) is 1.33. The minimum Gasteiger partial charge on any atom is -0.450 e. The topological polar surface area (TPSA) is 49.8 Å². The van der Waals surface area contributed by atoms with Gasteiger partial charge in [0.1, 0.15) is 0 Å². The van der Waals surface area contributed by atoms with Crippen LogP contribution in [0.1, 0.15) is 20.8 Å². The zero-order valence-corrected chi connectivity index (χ0v) is 10.5. The van der Waals surface area contributed by atoms with Crippen LogP contribution >= 0.6 is 15.9 Å². The van der Waals surface area contributed by atoms with Crippen LogP contribution < -0.4 is 0 Å². The highest BCUT2D eigenvalue weighted by Gasteiger charge is 2.22. The van der Waals surface area contributed by atoms with Crippen molar-refractivity contribution in [3.05, 3.63) is 0 Å². The van der Waals surface area contributed by atoms with Gasteiger partial charge >= 0.3 is 6.09 Å². The maximum atomic E-state index is 11.4. The summed E-state index contributed by atoms with van der Waals surface area (Å²) in [7, 11) is 0. The Kier molecular flexibility index (Phi) is 6.11.